The maximum Gasteiger partial charge on any atom is 0.255 e. The summed E-state index contributed by atoms with van der Waals surface area (Å²) in [6.07, 6.45) is 2.51. The van der Waals surface area contributed by atoms with Crippen LogP contribution in [-0.2, 0) is 0 Å². The predicted octanol–water partition coefficient (Wildman–Crippen LogP) is 7.27. The Kier molecular flexibility index (Phi) is 6.92. The highest BCUT2D eigenvalue weighted by Crippen LogP contribution is 2.36. The summed E-state index contributed by atoms with van der Waals surface area (Å²) in [4.78, 5) is 25.7. The topological polar surface area (TPSA) is 59.3 Å². The van der Waals surface area contributed by atoms with Gasteiger partial charge in [0, 0.05) is 30.0 Å². The maximum atomic E-state index is 13.4. The summed E-state index contributed by atoms with van der Waals surface area (Å²) in [6, 6.07) is 19.1. The lowest BCUT2D eigenvalue weighted by molar-refractivity contribution is 0.0953. The minimum absolute atomic E-state index is 0.143. The van der Waals surface area contributed by atoms with Crippen molar-refractivity contribution in [2.24, 2.45) is 5.92 Å². The molecule has 3 aromatic carbocycles. The Hall–Kier alpha value is -3.73. The van der Waals surface area contributed by atoms with E-state index in [1.165, 1.54) is 12.1 Å². The molecule has 0 saturated carbocycles. The number of hydrogen-bond acceptors (Lipinski definition) is 3. The lowest BCUT2D eigenvalue weighted by Gasteiger charge is -2.11. The first-order valence-corrected chi connectivity index (χ1v) is 11.6. The number of carbonyl (C=O) groups excluding carboxylic acids is 2. The predicted molar refractivity (Wildman–Crippen MR) is 133 cm³/mol. The zero-order chi connectivity index (χ0) is 24.2. The first-order chi connectivity index (χ1) is 16.4. The van der Waals surface area contributed by atoms with E-state index >= 15 is 0 Å². The third-order valence-corrected chi connectivity index (χ3v) is 6.40. The van der Waals surface area contributed by atoms with Crippen LogP contribution in [0.2, 0.25) is 0 Å². The highest BCUT2D eigenvalue weighted by Gasteiger charge is 2.22. The number of benzene rings is 3. The van der Waals surface area contributed by atoms with E-state index in [0.717, 1.165) is 24.0 Å². The number of carbonyl (C=O) groups is 2. The van der Waals surface area contributed by atoms with Crippen LogP contribution in [0.5, 0.6) is 0 Å². The molecule has 0 saturated heterocycles. The van der Waals surface area contributed by atoms with Crippen molar-refractivity contribution in [1.29, 1.82) is 0 Å². The van der Waals surface area contributed by atoms with E-state index in [-0.39, 0.29) is 17.5 Å². The van der Waals surface area contributed by atoms with E-state index in [1.54, 1.807) is 19.2 Å². The van der Waals surface area contributed by atoms with Gasteiger partial charge in [0.15, 0.2) is 5.78 Å². The lowest BCUT2D eigenvalue weighted by atomic mass is 9.92. The molecule has 4 aromatic rings. The molecular weight excluding hydrogens is 429 g/mol. The third kappa shape index (κ3) is 4.65. The summed E-state index contributed by atoms with van der Waals surface area (Å²) in [5.74, 6) is 0.273. The summed E-state index contributed by atoms with van der Waals surface area (Å²) in [7, 11) is 1.56. The molecule has 4 rings (SSSR count). The molecule has 174 valence electrons. The van der Waals surface area contributed by atoms with Gasteiger partial charge in [-0.15, -0.1) is 0 Å². The SMILES string of the molecule is CCC(CC)CC(=O)c1cccc(-c2ccc3oc(-c4ccc(F)cc4)c(C(=O)NC)c3c2)c1. The molecule has 0 unspecified atom stereocenters. The molecule has 0 aliphatic heterocycles. The minimum atomic E-state index is -0.359. The van der Waals surface area contributed by atoms with Gasteiger partial charge in [-0.05, 0) is 59.5 Å². The fraction of sp³-hybridized carbons (Fsp3) is 0.241. The molecule has 34 heavy (non-hydrogen) atoms. The van der Waals surface area contributed by atoms with Gasteiger partial charge in [0.2, 0.25) is 0 Å². The number of ketones is 1. The number of furan rings is 1. The number of rotatable bonds is 8. The molecule has 0 bridgehead atoms. The van der Waals surface area contributed by atoms with Crippen molar-refractivity contribution in [3.05, 3.63) is 83.7 Å². The normalized spacial score (nSPS) is 11.2. The second kappa shape index (κ2) is 10.0. The van der Waals surface area contributed by atoms with Crippen LogP contribution >= 0.6 is 0 Å². The molecule has 0 aliphatic rings. The highest BCUT2D eigenvalue weighted by atomic mass is 19.1. The zero-order valence-corrected chi connectivity index (χ0v) is 19.7. The molecule has 0 atom stereocenters. The fourth-order valence-corrected chi connectivity index (χ4v) is 4.26. The molecule has 1 heterocycles. The average molecular weight is 458 g/mol. The van der Waals surface area contributed by atoms with Crippen molar-refractivity contribution in [3.63, 3.8) is 0 Å². The molecule has 1 amide bonds. The van der Waals surface area contributed by atoms with Gasteiger partial charge >= 0.3 is 0 Å². The minimum Gasteiger partial charge on any atom is -0.455 e. The molecular formula is C29H28FNO3. The summed E-state index contributed by atoms with van der Waals surface area (Å²) in [6.45, 7) is 4.23. The Labute approximate surface area is 198 Å². The Morgan fingerprint density at radius 2 is 1.59 bits per heavy atom. The van der Waals surface area contributed by atoms with E-state index < -0.39 is 0 Å². The third-order valence-electron chi connectivity index (χ3n) is 6.40. The monoisotopic (exact) mass is 457 g/mol. The van der Waals surface area contributed by atoms with Gasteiger partial charge in [0.05, 0.1) is 5.56 Å². The van der Waals surface area contributed by atoms with Crippen molar-refractivity contribution >= 4 is 22.7 Å². The van der Waals surface area contributed by atoms with Crippen LogP contribution in [0.3, 0.4) is 0 Å². The van der Waals surface area contributed by atoms with Crippen LogP contribution in [0.25, 0.3) is 33.4 Å². The number of amides is 1. The van der Waals surface area contributed by atoms with E-state index in [9.17, 15) is 14.0 Å². The van der Waals surface area contributed by atoms with Crippen LogP contribution in [0.4, 0.5) is 4.39 Å². The maximum absolute atomic E-state index is 13.4. The van der Waals surface area contributed by atoms with Crippen LogP contribution in [0.15, 0.2) is 71.1 Å². The highest BCUT2D eigenvalue weighted by molar-refractivity contribution is 6.11. The molecule has 0 spiro atoms. The number of halogens is 1. The largest absolute Gasteiger partial charge is 0.455 e. The summed E-state index contributed by atoms with van der Waals surface area (Å²) in [5, 5.41) is 3.33. The summed E-state index contributed by atoms with van der Waals surface area (Å²) < 4.78 is 19.5. The van der Waals surface area contributed by atoms with Gasteiger partial charge in [-0.2, -0.15) is 0 Å². The fourth-order valence-electron chi connectivity index (χ4n) is 4.26. The van der Waals surface area contributed by atoms with Gasteiger partial charge in [0.1, 0.15) is 17.2 Å². The van der Waals surface area contributed by atoms with Crippen molar-refractivity contribution in [2.45, 2.75) is 33.1 Å². The summed E-state index contributed by atoms with van der Waals surface area (Å²) in [5.41, 5.74) is 4.03. The van der Waals surface area contributed by atoms with Crippen molar-refractivity contribution in [1.82, 2.24) is 5.32 Å². The van der Waals surface area contributed by atoms with Crippen molar-refractivity contribution < 1.29 is 18.4 Å². The van der Waals surface area contributed by atoms with Gasteiger partial charge < -0.3 is 9.73 Å². The van der Waals surface area contributed by atoms with Gasteiger partial charge in [-0.3, -0.25) is 9.59 Å². The van der Waals surface area contributed by atoms with Gasteiger partial charge in [-0.1, -0.05) is 51.0 Å². The molecule has 1 N–H and O–H groups in total. The molecule has 0 fully saturated rings. The number of nitrogens with one attached hydrogen (secondary N) is 1. The van der Waals surface area contributed by atoms with E-state index in [0.29, 0.717) is 45.8 Å². The van der Waals surface area contributed by atoms with E-state index in [2.05, 4.69) is 19.2 Å². The first-order valence-electron chi connectivity index (χ1n) is 11.6. The second-order valence-electron chi connectivity index (χ2n) is 8.49. The quantitative estimate of drug-likeness (QED) is 0.283. The Bertz CT molecular complexity index is 1330. The first kappa shape index (κ1) is 23.4. The molecule has 4 nitrogen and oxygen atoms in total. The van der Waals surface area contributed by atoms with Crippen LogP contribution in [0, 0.1) is 11.7 Å². The number of fused-ring (bicyclic) bond motifs is 1. The Morgan fingerprint density at radius 3 is 2.26 bits per heavy atom. The number of Topliss-reactive ketones (excluding diaryl/α,β-unsaturated/α-hetero) is 1. The van der Waals surface area contributed by atoms with E-state index in [1.807, 2.05) is 42.5 Å². The van der Waals surface area contributed by atoms with Crippen molar-refractivity contribution in [2.75, 3.05) is 7.05 Å². The lowest BCUT2D eigenvalue weighted by Crippen LogP contribution is -2.18. The number of hydrogen-bond donors (Lipinski definition) is 1. The Balaban J connectivity index is 1.77. The van der Waals surface area contributed by atoms with Crippen molar-refractivity contribution in [3.8, 4) is 22.5 Å². The van der Waals surface area contributed by atoms with Gasteiger partial charge in [0.25, 0.3) is 5.91 Å². The Morgan fingerprint density at radius 1 is 0.912 bits per heavy atom. The smallest absolute Gasteiger partial charge is 0.255 e. The van der Waals surface area contributed by atoms with Crippen LogP contribution in [0.1, 0.15) is 53.8 Å². The molecule has 5 heteroatoms. The van der Waals surface area contributed by atoms with Crippen LogP contribution in [-0.4, -0.2) is 18.7 Å². The average Bonchev–Trinajstić information content (AvgIpc) is 3.26. The molecule has 0 aliphatic carbocycles. The molecule has 1 aromatic heterocycles. The molecule has 0 radical (unpaired) electrons. The van der Waals surface area contributed by atoms with Crippen LogP contribution < -0.4 is 5.32 Å². The summed E-state index contributed by atoms with van der Waals surface area (Å²) >= 11 is 0. The van der Waals surface area contributed by atoms with Gasteiger partial charge in [-0.25, -0.2) is 4.39 Å². The zero-order valence-electron chi connectivity index (χ0n) is 19.7. The standard InChI is InChI=1S/C29H28FNO3/c1-4-18(5-2)15-25(32)22-8-6-7-20(16-22)21-11-14-26-24(17-21)27(29(33)31-3)28(34-26)19-9-12-23(30)13-10-19/h6-14,16-18H,4-5,15H2,1-3H3,(H,31,33). The second-order valence-corrected chi connectivity index (χ2v) is 8.49. The van der Waals surface area contributed by atoms with E-state index in [4.69, 9.17) is 4.42 Å².